The molecule has 8 nitrogen and oxygen atoms in total. The summed E-state index contributed by atoms with van der Waals surface area (Å²) in [5.74, 6) is 0.600. The van der Waals surface area contributed by atoms with Crippen LogP contribution in [0.15, 0.2) is 47.3 Å². The fraction of sp³-hybridized carbons (Fsp3) is 0.417. The van der Waals surface area contributed by atoms with Crippen molar-refractivity contribution in [2.24, 2.45) is 0 Å². The molecule has 2 atom stereocenters. The third kappa shape index (κ3) is 4.04. The summed E-state index contributed by atoms with van der Waals surface area (Å²) in [7, 11) is 0. The minimum absolute atomic E-state index is 0.0374. The highest BCUT2D eigenvalue weighted by Crippen LogP contribution is 2.33. The minimum Gasteiger partial charge on any atom is -0.350 e. The van der Waals surface area contributed by atoms with E-state index in [1.54, 1.807) is 0 Å². The highest BCUT2D eigenvalue weighted by molar-refractivity contribution is 5.83. The molecule has 0 bridgehead atoms. The van der Waals surface area contributed by atoms with Crippen LogP contribution in [0.5, 0.6) is 0 Å². The van der Waals surface area contributed by atoms with E-state index in [9.17, 15) is 14.4 Å². The van der Waals surface area contributed by atoms with Crippen LogP contribution in [0.2, 0.25) is 0 Å². The third-order valence-corrected chi connectivity index (χ3v) is 6.82. The van der Waals surface area contributed by atoms with Crippen molar-refractivity contribution in [2.75, 3.05) is 6.54 Å². The fourth-order valence-electron chi connectivity index (χ4n) is 5.20. The van der Waals surface area contributed by atoms with E-state index in [1.165, 1.54) is 10.8 Å². The van der Waals surface area contributed by atoms with E-state index in [2.05, 4.69) is 50.8 Å². The minimum atomic E-state index is -0.412. The van der Waals surface area contributed by atoms with Crippen LogP contribution >= 0.6 is 0 Å². The van der Waals surface area contributed by atoms with Crippen LogP contribution in [0.4, 0.5) is 0 Å². The zero-order valence-electron chi connectivity index (χ0n) is 17.9. The van der Waals surface area contributed by atoms with Gasteiger partial charge in [-0.3, -0.25) is 14.6 Å². The van der Waals surface area contributed by atoms with Gasteiger partial charge in [0.15, 0.2) is 5.82 Å². The summed E-state index contributed by atoms with van der Waals surface area (Å²) >= 11 is 0. The van der Waals surface area contributed by atoms with E-state index in [-0.39, 0.29) is 23.5 Å². The number of amides is 2. The number of fused-ring (bicyclic) bond motifs is 1. The van der Waals surface area contributed by atoms with E-state index in [0.717, 1.165) is 24.8 Å². The molecule has 2 saturated heterocycles. The van der Waals surface area contributed by atoms with E-state index in [1.807, 2.05) is 17.0 Å². The molecule has 166 valence electrons. The summed E-state index contributed by atoms with van der Waals surface area (Å²) < 4.78 is 0. The monoisotopic (exact) mass is 433 g/mol. The van der Waals surface area contributed by atoms with Crippen molar-refractivity contribution < 1.29 is 9.59 Å². The number of hydrogen-bond donors (Lipinski definition) is 3. The number of benzene rings is 2. The lowest BCUT2D eigenvalue weighted by molar-refractivity contribution is -0.133. The number of hydrogen-bond acceptors (Lipinski definition) is 4. The molecule has 0 spiro atoms. The largest absolute Gasteiger partial charge is 0.350 e. The molecule has 3 heterocycles. The van der Waals surface area contributed by atoms with Crippen molar-refractivity contribution in [1.82, 2.24) is 25.4 Å². The number of rotatable bonds is 6. The number of nitrogens with zero attached hydrogens (tertiary/aromatic N) is 2. The van der Waals surface area contributed by atoms with Crippen LogP contribution in [0.25, 0.3) is 10.8 Å². The topological polar surface area (TPSA) is 111 Å². The summed E-state index contributed by atoms with van der Waals surface area (Å²) in [4.78, 5) is 41.2. The van der Waals surface area contributed by atoms with Crippen molar-refractivity contribution in [1.29, 1.82) is 0 Å². The predicted octanol–water partition coefficient (Wildman–Crippen LogP) is 2.59. The van der Waals surface area contributed by atoms with Gasteiger partial charge < -0.3 is 10.2 Å². The number of carbonyl (C=O) groups excluding carboxylic acids is 2. The van der Waals surface area contributed by atoms with Gasteiger partial charge in [-0.15, -0.1) is 0 Å². The number of likely N-dealkylation sites (tertiary alicyclic amines) is 1. The second kappa shape index (κ2) is 8.26. The molecule has 0 radical (unpaired) electrons. The molecule has 2 aliphatic heterocycles. The molecule has 2 fully saturated rings. The van der Waals surface area contributed by atoms with Gasteiger partial charge in [0.2, 0.25) is 11.8 Å². The van der Waals surface area contributed by atoms with Crippen molar-refractivity contribution in [3.63, 3.8) is 0 Å². The molecular weight excluding hydrogens is 406 g/mol. The Balaban J connectivity index is 1.31. The van der Waals surface area contributed by atoms with Crippen molar-refractivity contribution >= 4 is 22.6 Å². The summed E-state index contributed by atoms with van der Waals surface area (Å²) in [6, 6.07) is 14.4. The quantitative estimate of drug-likeness (QED) is 0.555. The Labute approximate surface area is 185 Å². The van der Waals surface area contributed by atoms with Gasteiger partial charge in [0.05, 0.1) is 6.04 Å². The molecule has 2 aliphatic rings. The van der Waals surface area contributed by atoms with Crippen molar-refractivity contribution in [2.45, 2.75) is 56.5 Å². The molecule has 3 N–H and O–H groups in total. The first-order chi connectivity index (χ1) is 15.5. The smallest absolute Gasteiger partial charge is 0.340 e. The number of nitrogens with one attached hydrogen (secondary N) is 3. The first-order valence-electron chi connectivity index (χ1n) is 11.2. The van der Waals surface area contributed by atoms with Crippen LogP contribution in [-0.4, -0.2) is 44.0 Å². The lowest BCUT2D eigenvalue weighted by Crippen LogP contribution is -2.45. The first-order valence-corrected chi connectivity index (χ1v) is 11.2. The standard InChI is InChI=1S/C24H27N5O3/c30-20-9-11-24(26-20,15-16-7-8-17-4-1-2-5-18(17)14-16)12-10-21(31)29-13-3-6-19(29)22-25-23(32)28-27-22/h1-2,4-5,7-8,14,19H,3,6,9-13,15H2,(H,26,30)(H2,25,27,28,32). The summed E-state index contributed by atoms with van der Waals surface area (Å²) in [5, 5.41) is 12.0. The number of carbonyl (C=O) groups is 2. The number of H-pyrrole nitrogens is 2. The molecule has 0 aliphatic carbocycles. The van der Waals surface area contributed by atoms with Crippen LogP contribution < -0.4 is 11.0 Å². The summed E-state index contributed by atoms with van der Waals surface area (Å²) in [6.45, 7) is 0.655. The maximum atomic E-state index is 13.1. The highest BCUT2D eigenvalue weighted by atomic mass is 16.2. The molecule has 1 aromatic heterocycles. The maximum absolute atomic E-state index is 13.1. The lowest BCUT2D eigenvalue weighted by atomic mass is 9.84. The third-order valence-electron chi connectivity index (χ3n) is 6.82. The highest BCUT2D eigenvalue weighted by Gasteiger charge is 2.39. The molecule has 2 amide bonds. The van der Waals surface area contributed by atoms with Gasteiger partial charge in [0, 0.05) is 24.9 Å². The number of aromatic amines is 2. The van der Waals surface area contributed by atoms with E-state index >= 15 is 0 Å². The van der Waals surface area contributed by atoms with Gasteiger partial charge in [-0.25, -0.2) is 9.89 Å². The average Bonchev–Trinajstić information content (AvgIpc) is 3.52. The summed E-state index contributed by atoms with van der Waals surface area (Å²) in [6.07, 6.45) is 4.51. The number of aromatic nitrogens is 3. The molecule has 8 heteroatoms. The second-order valence-corrected chi connectivity index (χ2v) is 8.99. The van der Waals surface area contributed by atoms with E-state index in [4.69, 9.17) is 0 Å². The van der Waals surface area contributed by atoms with Gasteiger partial charge >= 0.3 is 5.69 Å². The molecular formula is C24H27N5O3. The molecule has 3 aromatic rings. The Morgan fingerprint density at radius 1 is 1.16 bits per heavy atom. The molecule has 2 unspecified atom stereocenters. The Morgan fingerprint density at radius 2 is 2.00 bits per heavy atom. The van der Waals surface area contributed by atoms with Crippen LogP contribution in [-0.2, 0) is 16.0 Å². The maximum Gasteiger partial charge on any atom is 0.340 e. The molecule has 32 heavy (non-hydrogen) atoms. The summed E-state index contributed by atoms with van der Waals surface area (Å²) in [5.41, 5.74) is 0.388. The first kappa shape index (κ1) is 20.5. The van der Waals surface area contributed by atoms with E-state index in [0.29, 0.717) is 38.1 Å². The van der Waals surface area contributed by atoms with Crippen LogP contribution in [0.1, 0.15) is 56.0 Å². The molecule has 2 aromatic carbocycles. The van der Waals surface area contributed by atoms with Gasteiger partial charge in [-0.05, 0) is 48.4 Å². The Morgan fingerprint density at radius 3 is 2.75 bits per heavy atom. The fourth-order valence-corrected chi connectivity index (χ4v) is 5.20. The van der Waals surface area contributed by atoms with Crippen LogP contribution in [0.3, 0.4) is 0 Å². The van der Waals surface area contributed by atoms with Gasteiger partial charge in [-0.2, -0.15) is 5.10 Å². The Bertz CT molecular complexity index is 1220. The Kier molecular flexibility index (Phi) is 5.28. The average molecular weight is 434 g/mol. The molecule has 5 rings (SSSR count). The second-order valence-electron chi connectivity index (χ2n) is 8.99. The van der Waals surface area contributed by atoms with Gasteiger partial charge in [0.1, 0.15) is 0 Å². The SMILES string of the molecule is O=C1CCC(CCC(=O)N2CCCC2c2n[nH]c(=O)[nH]2)(Cc2ccc3ccccc3c2)N1. The van der Waals surface area contributed by atoms with Crippen molar-refractivity contribution in [3.8, 4) is 0 Å². The normalized spacial score (nSPS) is 23.1. The predicted molar refractivity (Wildman–Crippen MR) is 120 cm³/mol. The zero-order chi connectivity index (χ0) is 22.1. The zero-order valence-corrected chi connectivity index (χ0v) is 17.9. The van der Waals surface area contributed by atoms with Crippen molar-refractivity contribution in [3.05, 3.63) is 64.3 Å². The van der Waals surface area contributed by atoms with E-state index < -0.39 is 5.54 Å². The Hall–Kier alpha value is -3.42. The van der Waals surface area contributed by atoms with Gasteiger partial charge in [0.25, 0.3) is 0 Å². The van der Waals surface area contributed by atoms with Crippen LogP contribution in [0, 0.1) is 0 Å². The molecule has 0 saturated carbocycles. The van der Waals surface area contributed by atoms with Gasteiger partial charge in [-0.1, -0.05) is 42.5 Å². The lowest BCUT2D eigenvalue weighted by Gasteiger charge is -2.31.